The number of nitrogens with zero attached hydrogens (tertiary/aromatic N) is 1. The summed E-state index contributed by atoms with van der Waals surface area (Å²) in [6.07, 6.45) is 1.14. The highest BCUT2D eigenvalue weighted by atomic mass is 16.5. The fraction of sp³-hybridized carbons (Fsp3) is 0.400. The third-order valence-electron chi connectivity index (χ3n) is 3.45. The second-order valence-corrected chi connectivity index (χ2v) is 4.92. The van der Waals surface area contributed by atoms with Crippen LogP contribution in [0.25, 0.3) is 0 Å². The van der Waals surface area contributed by atoms with Gasteiger partial charge in [0.05, 0.1) is 12.2 Å². The highest BCUT2D eigenvalue weighted by molar-refractivity contribution is 5.94. The highest BCUT2D eigenvalue weighted by Crippen LogP contribution is 2.19. The number of carbonyl (C=O) groups excluding carboxylic acids is 2. The van der Waals surface area contributed by atoms with E-state index in [1.807, 2.05) is 0 Å². The summed E-state index contributed by atoms with van der Waals surface area (Å²) in [5.74, 6) is -1.42. The van der Waals surface area contributed by atoms with Gasteiger partial charge in [-0.05, 0) is 44.0 Å². The monoisotopic (exact) mass is 306 g/mol. The quantitative estimate of drug-likeness (QED) is 0.829. The molecule has 1 fully saturated rings. The normalized spacial score (nSPS) is 17.1. The van der Waals surface area contributed by atoms with Gasteiger partial charge in [0, 0.05) is 12.2 Å². The predicted molar refractivity (Wildman–Crippen MR) is 78.8 cm³/mol. The van der Waals surface area contributed by atoms with E-state index in [1.54, 1.807) is 31.2 Å². The Kier molecular flexibility index (Phi) is 4.98. The molecule has 1 aromatic rings. The molecule has 22 heavy (non-hydrogen) atoms. The number of urea groups is 1. The fourth-order valence-corrected chi connectivity index (χ4v) is 2.37. The Bertz CT molecular complexity index is 570. The van der Waals surface area contributed by atoms with Crippen LogP contribution in [0.2, 0.25) is 0 Å². The number of aliphatic carboxylic acids is 1. The summed E-state index contributed by atoms with van der Waals surface area (Å²) in [7, 11) is 0. The van der Waals surface area contributed by atoms with E-state index in [1.165, 1.54) is 4.90 Å². The first kappa shape index (κ1) is 15.8. The van der Waals surface area contributed by atoms with Gasteiger partial charge in [0.25, 0.3) is 0 Å². The molecule has 0 spiro atoms. The lowest BCUT2D eigenvalue weighted by Crippen LogP contribution is -2.42. The number of hydrogen-bond donors (Lipinski definition) is 2. The van der Waals surface area contributed by atoms with Crippen molar-refractivity contribution in [2.24, 2.45) is 0 Å². The van der Waals surface area contributed by atoms with Crippen molar-refractivity contribution in [1.29, 1.82) is 0 Å². The maximum Gasteiger partial charge on any atom is 0.338 e. The maximum absolute atomic E-state index is 12.1. The van der Waals surface area contributed by atoms with E-state index in [-0.39, 0.29) is 0 Å². The smallest absolute Gasteiger partial charge is 0.338 e. The maximum atomic E-state index is 12.1. The number of carbonyl (C=O) groups is 3. The Morgan fingerprint density at radius 3 is 2.59 bits per heavy atom. The van der Waals surface area contributed by atoms with Crippen LogP contribution in [0.1, 0.15) is 30.1 Å². The highest BCUT2D eigenvalue weighted by Gasteiger charge is 2.33. The van der Waals surface area contributed by atoms with Crippen LogP contribution in [0.3, 0.4) is 0 Å². The van der Waals surface area contributed by atoms with Gasteiger partial charge in [-0.15, -0.1) is 0 Å². The minimum atomic E-state index is -0.995. The number of benzene rings is 1. The molecule has 0 aromatic heterocycles. The van der Waals surface area contributed by atoms with E-state index in [4.69, 9.17) is 9.84 Å². The standard InChI is InChI=1S/C15H18N2O5/c1-2-22-14(20)10-5-7-11(8-6-10)16-15(21)17-9-3-4-12(17)13(18)19/h5-8,12H,2-4,9H2,1H3,(H,16,21)(H,18,19)/t12-/m0/s1. The van der Waals surface area contributed by atoms with Crippen LogP contribution in [0.4, 0.5) is 10.5 Å². The molecule has 1 aliphatic rings. The van der Waals surface area contributed by atoms with Gasteiger partial charge in [0.15, 0.2) is 0 Å². The van der Waals surface area contributed by atoms with Gasteiger partial charge in [0.1, 0.15) is 6.04 Å². The lowest BCUT2D eigenvalue weighted by atomic mass is 10.2. The molecule has 118 valence electrons. The number of ether oxygens (including phenoxy) is 1. The van der Waals surface area contributed by atoms with Gasteiger partial charge in [0.2, 0.25) is 0 Å². The molecule has 0 unspecified atom stereocenters. The molecule has 0 saturated carbocycles. The fourth-order valence-electron chi connectivity index (χ4n) is 2.37. The zero-order valence-electron chi connectivity index (χ0n) is 12.2. The van der Waals surface area contributed by atoms with Gasteiger partial charge < -0.3 is 20.1 Å². The molecule has 2 N–H and O–H groups in total. The number of nitrogens with one attached hydrogen (secondary N) is 1. The molecule has 2 amide bonds. The van der Waals surface area contributed by atoms with Gasteiger partial charge in [-0.25, -0.2) is 14.4 Å². The van der Waals surface area contributed by atoms with Crippen molar-refractivity contribution in [2.75, 3.05) is 18.5 Å². The van der Waals surface area contributed by atoms with E-state index in [2.05, 4.69) is 5.32 Å². The number of likely N-dealkylation sites (tertiary alicyclic amines) is 1. The molecule has 2 rings (SSSR count). The summed E-state index contributed by atoms with van der Waals surface area (Å²) < 4.78 is 4.87. The zero-order chi connectivity index (χ0) is 16.1. The van der Waals surface area contributed by atoms with Crippen LogP contribution in [0.15, 0.2) is 24.3 Å². The number of amides is 2. The van der Waals surface area contributed by atoms with Gasteiger partial charge >= 0.3 is 18.0 Å². The Labute approximate surface area is 127 Å². The van der Waals surface area contributed by atoms with Crippen LogP contribution in [0.5, 0.6) is 0 Å². The van der Waals surface area contributed by atoms with Gasteiger partial charge in [-0.2, -0.15) is 0 Å². The second-order valence-electron chi connectivity index (χ2n) is 4.92. The Hall–Kier alpha value is -2.57. The minimum Gasteiger partial charge on any atom is -0.480 e. The first-order valence-corrected chi connectivity index (χ1v) is 7.10. The molecule has 1 aliphatic heterocycles. The van der Waals surface area contributed by atoms with Crippen LogP contribution in [-0.4, -0.2) is 47.2 Å². The third-order valence-corrected chi connectivity index (χ3v) is 3.45. The lowest BCUT2D eigenvalue weighted by Gasteiger charge is -2.21. The molecule has 0 bridgehead atoms. The summed E-state index contributed by atoms with van der Waals surface area (Å²) in [6.45, 7) is 2.44. The molecule has 1 saturated heterocycles. The van der Waals surface area contributed by atoms with E-state index in [0.717, 1.165) is 0 Å². The summed E-state index contributed by atoms with van der Waals surface area (Å²) in [5.41, 5.74) is 0.888. The summed E-state index contributed by atoms with van der Waals surface area (Å²) >= 11 is 0. The molecule has 1 heterocycles. The van der Waals surface area contributed by atoms with Gasteiger partial charge in [-0.1, -0.05) is 0 Å². The van der Waals surface area contributed by atoms with Crippen molar-refractivity contribution < 1.29 is 24.2 Å². The molecular weight excluding hydrogens is 288 g/mol. The molecule has 7 nitrogen and oxygen atoms in total. The van der Waals surface area contributed by atoms with Crippen LogP contribution in [0, 0.1) is 0 Å². The summed E-state index contributed by atoms with van der Waals surface area (Å²) in [6, 6.07) is 5.03. The van der Waals surface area contributed by atoms with E-state index in [0.29, 0.717) is 37.2 Å². The Morgan fingerprint density at radius 2 is 2.00 bits per heavy atom. The number of rotatable bonds is 4. The van der Waals surface area contributed by atoms with E-state index >= 15 is 0 Å². The predicted octanol–water partition coefficient (Wildman–Crippen LogP) is 1.94. The number of carboxylic acid groups (broad SMARTS) is 1. The Balaban J connectivity index is 2.00. The topological polar surface area (TPSA) is 95.9 Å². The van der Waals surface area contributed by atoms with Crippen LogP contribution >= 0.6 is 0 Å². The number of esters is 1. The molecule has 0 aliphatic carbocycles. The molecule has 1 aromatic carbocycles. The summed E-state index contributed by atoms with van der Waals surface area (Å²) in [4.78, 5) is 36.0. The van der Waals surface area contributed by atoms with Crippen molar-refractivity contribution in [3.63, 3.8) is 0 Å². The molecule has 0 radical (unpaired) electrons. The largest absolute Gasteiger partial charge is 0.480 e. The number of carboxylic acids is 1. The van der Waals surface area contributed by atoms with Crippen molar-refractivity contribution in [3.8, 4) is 0 Å². The van der Waals surface area contributed by atoms with Crippen LogP contribution < -0.4 is 5.32 Å². The lowest BCUT2D eigenvalue weighted by molar-refractivity contribution is -0.141. The number of anilines is 1. The average Bonchev–Trinajstić information content (AvgIpc) is 2.98. The number of hydrogen-bond acceptors (Lipinski definition) is 4. The third kappa shape index (κ3) is 3.55. The SMILES string of the molecule is CCOC(=O)c1ccc(NC(=O)N2CCC[C@H]2C(=O)O)cc1. The first-order valence-electron chi connectivity index (χ1n) is 7.10. The molecular formula is C15H18N2O5. The average molecular weight is 306 g/mol. The first-order chi connectivity index (χ1) is 10.5. The van der Waals surface area contributed by atoms with E-state index in [9.17, 15) is 14.4 Å². The molecule has 7 heteroatoms. The Morgan fingerprint density at radius 1 is 1.32 bits per heavy atom. The van der Waals surface area contributed by atoms with Crippen molar-refractivity contribution in [3.05, 3.63) is 29.8 Å². The summed E-state index contributed by atoms with van der Waals surface area (Å²) in [5, 5.41) is 11.7. The van der Waals surface area contributed by atoms with Crippen LogP contribution in [-0.2, 0) is 9.53 Å². The molecule has 1 atom stereocenters. The van der Waals surface area contributed by atoms with Gasteiger partial charge in [-0.3, -0.25) is 0 Å². The zero-order valence-corrected chi connectivity index (χ0v) is 12.2. The van der Waals surface area contributed by atoms with Crippen molar-refractivity contribution in [2.45, 2.75) is 25.8 Å². The minimum absolute atomic E-state index is 0.295. The second kappa shape index (κ2) is 6.93. The van der Waals surface area contributed by atoms with Crippen molar-refractivity contribution >= 4 is 23.7 Å². The van der Waals surface area contributed by atoms with E-state index < -0.39 is 24.0 Å². The van der Waals surface area contributed by atoms with Crippen molar-refractivity contribution in [1.82, 2.24) is 4.90 Å².